The molecular formula is C12H14OS. The van der Waals surface area contributed by atoms with E-state index in [4.69, 9.17) is 5.11 Å². The normalized spacial score (nSPS) is 9.29. The van der Waals surface area contributed by atoms with Crippen molar-refractivity contribution in [3.8, 4) is 11.8 Å². The first-order valence-corrected chi connectivity index (χ1v) is 5.94. The van der Waals surface area contributed by atoms with Crippen LogP contribution in [0.5, 0.6) is 0 Å². The zero-order chi connectivity index (χ0) is 10.2. The van der Waals surface area contributed by atoms with Gasteiger partial charge in [-0.15, -0.1) is 0 Å². The van der Waals surface area contributed by atoms with Gasteiger partial charge in [-0.2, -0.15) is 11.8 Å². The van der Waals surface area contributed by atoms with Crippen LogP contribution >= 0.6 is 11.8 Å². The molecule has 2 heteroatoms. The molecule has 14 heavy (non-hydrogen) atoms. The number of aliphatic hydroxyl groups is 1. The van der Waals surface area contributed by atoms with Gasteiger partial charge in [0.25, 0.3) is 0 Å². The Hall–Kier alpha value is -0.910. The Morgan fingerprint density at radius 2 is 2.00 bits per heavy atom. The van der Waals surface area contributed by atoms with Gasteiger partial charge in [0.2, 0.25) is 0 Å². The molecule has 74 valence electrons. The van der Waals surface area contributed by atoms with Crippen molar-refractivity contribution in [2.45, 2.75) is 12.2 Å². The molecule has 0 aliphatic rings. The molecule has 0 heterocycles. The summed E-state index contributed by atoms with van der Waals surface area (Å²) in [5.41, 5.74) is 2.34. The van der Waals surface area contributed by atoms with Gasteiger partial charge in [0.05, 0.1) is 6.61 Å². The molecule has 0 saturated heterocycles. The van der Waals surface area contributed by atoms with E-state index in [2.05, 4.69) is 30.2 Å². The van der Waals surface area contributed by atoms with Crippen LogP contribution in [0.3, 0.4) is 0 Å². The molecule has 0 aliphatic carbocycles. The lowest BCUT2D eigenvalue weighted by Gasteiger charge is -1.97. The van der Waals surface area contributed by atoms with Gasteiger partial charge in [-0.05, 0) is 24.0 Å². The molecule has 1 rings (SSSR count). The van der Waals surface area contributed by atoms with E-state index in [1.165, 1.54) is 5.56 Å². The summed E-state index contributed by atoms with van der Waals surface area (Å²) in [6, 6.07) is 8.24. The van der Waals surface area contributed by atoms with Gasteiger partial charge in [0.1, 0.15) is 0 Å². The van der Waals surface area contributed by atoms with Crippen LogP contribution in [0.4, 0.5) is 0 Å². The van der Waals surface area contributed by atoms with E-state index in [0.717, 1.165) is 11.3 Å². The molecule has 0 fully saturated rings. The fourth-order valence-electron chi connectivity index (χ4n) is 1.07. The third kappa shape index (κ3) is 3.87. The molecule has 0 bridgehead atoms. The van der Waals surface area contributed by atoms with Crippen molar-refractivity contribution < 1.29 is 5.11 Å². The number of hydrogen-bond donors (Lipinski definition) is 1. The van der Waals surface area contributed by atoms with Gasteiger partial charge in [0.15, 0.2) is 0 Å². The summed E-state index contributed by atoms with van der Waals surface area (Å²) in [5.74, 6) is 6.94. The second kappa shape index (κ2) is 6.53. The molecule has 0 saturated carbocycles. The molecule has 0 amide bonds. The summed E-state index contributed by atoms with van der Waals surface area (Å²) in [7, 11) is 0. The average Bonchev–Trinajstić information content (AvgIpc) is 2.21. The zero-order valence-corrected chi connectivity index (χ0v) is 9.10. The van der Waals surface area contributed by atoms with Crippen molar-refractivity contribution in [3.63, 3.8) is 0 Å². The van der Waals surface area contributed by atoms with E-state index in [1.54, 1.807) is 0 Å². The lowest BCUT2D eigenvalue weighted by Crippen LogP contribution is -1.81. The summed E-state index contributed by atoms with van der Waals surface area (Å²) in [6.45, 7) is 0.136. The molecule has 1 aromatic carbocycles. The van der Waals surface area contributed by atoms with E-state index >= 15 is 0 Å². The van der Waals surface area contributed by atoms with Crippen molar-refractivity contribution in [2.75, 3.05) is 12.9 Å². The highest BCUT2D eigenvalue weighted by Crippen LogP contribution is 2.09. The molecule has 0 radical (unpaired) electrons. The van der Waals surface area contributed by atoms with Crippen LogP contribution in [0.1, 0.15) is 17.5 Å². The summed E-state index contributed by atoms with van der Waals surface area (Å²) in [6.07, 6.45) is 2.64. The Kier molecular flexibility index (Phi) is 5.21. The molecule has 0 aliphatic heterocycles. The lowest BCUT2D eigenvalue weighted by molar-refractivity contribution is 0.305. The first-order valence-electron chi connectivity index (χ1n) is 4.54. The van der Waals surface area contributed by atoms with Crippen LogP contribution in [0.25, 0.3) is 0 Å². The minimum Gasteiger partial charge on any atom is -0.395 e. The van der Waals surface area contributed by atoms with E-state index in [-0.39, 0.29) is 6.61 Å². The third-order valence-corrected chi connectivity index (χ3v) is 2.36. The van der Waals surface area contributed by atoms with Crippen molar-refractivity contribution in [3.05, 3.63) is 35.4 Å². The molecule has 0 aromatic heterocycles. The second-order valence-electron chi connectivity index (χ2n) is 2.91. The highest BCUT2D eigenvalue weighted by atomic mass is 32.2. The summed E-state index contributed by atoms with van der Waals surface area (Å²) in [5, 5.41) is 8.55. The van der Waals surface area contributed by atoms with Crippen molar-refractivity contribution in [1.82, 2.24) is 0 Å². The molecule has 1 N–H and O–H groups in total. The van der Waals surface area contributed by atoms with Crippen LogP contribution in [0.2, 0.25) is 0 Å². The molecule has 0 unspecified atom stereocenters. The van der Waals surface area contributed by atoms with E-state index in [0.29, 0.717) is 6.42 Å². The van der Waals surface area contributed by atoms with Crippen molar-refractivity contribution in [2.24, 2.45) is 0 Å². The lowest BCUT2D eigenvalue weighted by atomic mass is 10.1. The van der Waals surface area contributed by atoms with Crippen molar-refractivity contribution >= 4 is 11.8 Å². The first kappa shape index (κ1) is 11.2. The van der Waals surface area contributed by atoms with Gasteiger partial charge >= 0.3 is 0 Å². The van der Waals surface area contributed by atoms with Crippen LogP contribution < -0.4 is 0 Å². The van der Waals surface area contributed by atoms with E-state index in [1.807, 2.05) is 23.9 Å². The Morgan fingerprint density at radius 1 is 1.29 bits per heavy atom. The molecular weight excluding hydrogens is 192 g/mol. The second-order valence-corrected chi connectivity index (χ2v) is 3.77. The Labute approximate surface area is 89.5 Å². The SMILES string of the molecule is CSCc1ccc(C#CCCO)cc1. The topological polar surface area (TPSA) is 20.2 Å². The zero-order valence-electron chi connectivity index (χ0n) is 8.29. The Balaban J connectivity index is 2.60. The maximum atomic E-state index is 8.55. The average molecular weight is 206 g/mol. The molecule has 1 aromatic rings. The fraction of sp³-hybridized carbons (Fsp3) is 0.333. The minimum absolute atomic E-state index is 0.136. The number of benzene rings is 1. The number of thioether (sulfide) groups is 1. The third-order valence-electron chi connectivity index (χ3n) is 1.73. The molecule has 0 spiro atoms. The van der Waals surface area contributed by atoms with Crippen LogP contribution in [0, 0.1) is 11.8 Å². The summed E-state index contributed by atoms with van der Waals surface area (Å²) >= 11 is 1.81. The van der Waals surface area contributed by atoms with Gasteiger partial charge in [-0.1, -0.05) is 24.0 Å². The van der Waals surface area contributed by atoms with E-state index < -0.39 is 0 Å². The van der Waals surface area contributed by atoms with Crippen LogP contribution in [0.15, 0.2) is 24.3 Å². The van der Waals surface area contributed by atoms with Crippen LogP contribution in [-0.2, 0) is 5.75 Å². The monoisotopic (exact) mass is 206 g/mol. The maximum Gasteiger partial charge on any atom is 0.0540 e. The maximum absolute atomic E-state index is 8.55. The van der Waals surface area contributed by atoms with Gasteiger partial charge < -0.3 is 5.11 Å². The van der Waals surface area contributed by atoms with E-state index in [9.17, 15) is 0 Å². The van der Waals surface area contributed by atoms with Gasteiger partial charge in [0, 0.05) is 17.7 Å². The van der Waals surface area contributed by atoms with Gasteiger partial charge in [-0.3, -0.25) is 0 Å². The highest BCUT2D eigenvalue weighted by molar-refractivity contribution is 7.97. The quantitative estimate of drug-likeness (QED) is 0.766. The minimum atomic E-state index is 0.136. The standard InChI is InChI=1S/C12H14OS/c1-14-10-12-7-5-11(6-8-12)4-2-3-9-13/h5-8,13H,3,9-10H2,1H3. The smallest absolute Gasteiger partial charge is 0.0540 e. The Bertz CT molecular complexity index is 318. The molecule has 0 atom stereocenters. The summed E-state index contributed by atoms with van der Waals surface area (Å²) < 4.78 is 0. The number of hydrogen-bond acceptors (Lipinski definition) is 2. The molecule has 1 nitrogen and oxygen atoms in total. The predicted octanol–water partition coefficient (Wildman–Crippen LogP) is 2.28. The fourth-order valence-corrected chi connectivity index (χ4v) is 1.60. The summed E-state index contributed by atoms with van der Waals surface area (Å²) in [4.78, 5) is 0. The van der Waals surface area contributed by atoms with Gasteiger partial charge in [-0.25, -0.2) is 0 Å². The number of rotatable bonds is 3. The first-order chi connectivity index (χ1) is 6.86. The predicted molar refractivity (Wildman–Crippen MR) is 62.2 cm³/mol. The number of aliphatic hydroxyl groups excluding tert-OH is 1. The van der Waals surface area contributed by atoms with Crippen molar-refractivity contribution in [1.29, 1.82) is 0 Å². The Morgan fingerprint density at radius 3 is 2.57 bits per heavy atom. The largest absolute Gasteiger partial charge is 0.395 e. The highest BCUT2D eigenvalue weighted by Gasteiger charge is 1.90. The van der Waals surface area contributed by atoms with Crippen LogP contribution in [-0.4, -0.2) is 18.0 Å².